The molecule has 4 unspecified atom stereocenters. The minimum absolute atomic E-state index is 0.382. The first-order chi connectivity index (χ1) is 11.5. The standard InChI is InChI=1S/C20H42O4/c1-3-5-7-9-11-17(21)13-15-19(23)20(24)16-14-18(22)12-10-8-6-4-2/h17-24H,3-16H2,1-2H3. The van der Waals surface area contributed by atoms with Crippen LogP contribution in [0.3, 0.4) is 0 Å². The molecule has 4 nitrogen and oxygen atoms in total. The third kappa shape index (κ3) is 14.2. The van der Waals surface area contributed by atoms with E-state index in [1.807, 2.05) is 0 Å². The van der Waals surface area contributed by atoms with E-state index in [2.05, 4.69) is 13.8 Å². The van der Waals surface area contributed by atoms with Gasteiger partial charge in [0.25, 0.3) is 0 Å². The molecule has 0 aromatic rings. The van der Waals surface area contributed by atoms with Crippen molar-refractivity contribution in [2.24, 2.45) is 0 Å². The smallest absolute Gasteiger partial charge is 0.0800 e. The zero-order valence-electron chi connectivity index (χ0n) is 16.0. The molecule has 0 aromatic carbocycles. The summed E-state index contributed by atoms with van der Waals surface area (Å²) in [6.07, 6.45) is 10.2. The van der Waals surface area contributed by atoms with Crippen LogP contribution in [0.15, 0.2) is 0 Å². The van der Waals surface area contributed by atoms with E-state index in [-0.39, 0.29) is 12.2 Å². The number of hydrogen-bond donors (Lipinski definition) is 4. The van der Waals surface area contributed by atoms with Crippen molar-refractivity contribution in [2.45, 2.75) is 128 Å². The molecule has 0 amide bonds. The van der Waals surface area contributed by atoms with E-state index in [1.165, 1.54) is 25.7 Å². The highest BCUT2D eigenvalue weighted by Crippen LogP contribution is 2.16. The Bertz CT molecular complexity index is 234. The lowest BCUT2D eigenvalue weighted by atomic mass is 9.97. The van der Waals surface area contributed by atoms with Gasteiger partial charge in [-0.25, -0.2) is 0 Å². The fourth-order valence-electron chi connectivity index (χ4n) is 3.01. The molecule has 0 fully saturated rings. The highest BCUT2D eigenvalue weighted by atomic mass is 16.3. The minimum Gasteiger partial charge on any atom is -0.393 e. The maximum absolute atomic E-state index is 9.99. The van der Waals surface area contributed by atoms with Crippen molar-refractivity contribution >= 4 is 0 Å². The van der Waals surface area contributed by atoms with Crippen molar-refractivity contribution < 1.29 is 20.4 Å². The zero-order chi connectivity index (χ0) is 18.2. The molecule has 4 heteroatoms. The first-order valence-corrected chi connectivity index (χ1v) is 10.2. The molecule has 24 heavy (non-hydrogen) atoms. The molecule has 146 valence electrons. The molecule has 0 saturated carbocycles. The van der Waals surface area contributed by atoms with E-state index in [4.69, 9.17) is 0 Å². The van der Waals surface area contributed by atoms with Gasteiger partial charge in [0.2, 0.25) is 0 Å². The summed E-state index contributed by atoms with van der Waals surface area (Å²) in [6, 6.07) is 0. The summed E-state index contributed by atoms with van der Waals surface area (Å²) in [6.45, 7) is 4.33. The summed E-state index contributed by atoms with van der Waals surface area (Å²) in [5, 5.41) is 39.8. The predicted molar refractivity (Wildman–Crippen MR) is 100 cm³/mol. The van der Waals surface area contributed by atoms with Crippen LogP contribution in [0, 0.1) is 0 Å². The van der Waals surface area contributed by atoms with Gasteiger partial charge in [-0.2, -0.15) is 0 Å². The van der Waals surface area contributed by atoms with Crippen LogP contribution in [0.1, 0.15) is 104 Å². The topological polar surface area (TPSA) is 80.9 Å². The molecule has 0 aliphatic carbocycles. The lowest BCUT2D eigenvalue weighted by Crippen LogP contribution is -2.28. The Balaban J connectivity index is 3.69. The molecular formula is C20H42O4. The van der Waals surface area contributed by atoms with E-state index in [0.717, 1.165) is 38.5 Å². The van der Waals surface area contributed by atoms with Gasteiger partial charge in [0, 0.05) is 0 Å². The van der Waals surface area contributed by atoms with Crippen LogP contribution in [0.5, 0.6) is 0 Å². The van der Waals surface area contributed by atoms with Crippen LogP contribution >= 0.6 is 0 Å². The van der Waals surface area contributed by atoms with Crippen molar-refractivity contribution in [3.63, 3.8) is 0 Å². The number of hydrogen-bond acceptors (Lipinski definition) is 4. The molecule has 0 bridgehead atoms. The normalized spacial score (nSPS) is 16.8. The van der Waals surface area contributed by atoms with Crippen molar-refractivity contribution in [3.05, 3.63) is 0 Å². The van der Waals surface area contributed by atoms with Crippen molar-refractivity contribution in [1.82, 2.24) is 0 Å². The zero-order valence-corrected chi connectivity index (χ0v) is 16.0. The van der Waals surface area contributed by atoms with Gasteiger partial charge < -0.3 is 20.4 Å². The molecular weight excluding hydrogens is 304 g/mol. The van der Waals surface area contributed by atoms with Crippen LogP contribution in [0.4, 0.5) is 0 Å². The van der Waals surface area contributed by atoms with E-state index in [1.54, 1.807) is 0 Å². The van der Waals surface area contributed by atoms with Gasteiger partial charge in [-0.3, -0.25) is 0 Å². The lowest BCUT2D eigenvalue weighted by molar-refractivity contribution is -0.00700. The second kappa shape index (κ2) is 16.3. The SMILES string of the molecule is CCCCCCC(O)CCC(O)C(O)CCC(O)CCCCCC. The Morgan fingerprint density at radius 3 is 1.17 bits per heavy atom. The molecule has 0 aromatic heterocycles. The summed E-state index contributed by atoms with van der Waals surface area (Å²) in [5.74, 6) is 0. The van der Waals surface area contributed by atoms with Gasteiger partial charge in [-0.15, -0.1) is 0 Å². The summed E-state index contributed by atoms with van der Waals surface area (Å²) in [4.78, 5) is 0. The molecule has 4 N–H and O–H groups in total. The maximum atomic E-state index is 9.99. The van der Waals surface area contributed by atoms with Crippen LogP contribution in [0.25, 0.3) is 0 Å². The molecule has 0 heterocycles. The molecule has 0 radical (unpaired) electrons. The average molecular weight is 347 g/mol. The van der Waals surface area contributed by atoms with Crippen LogP contribution < -0.4 is 0 Å². The number of aliphatic hydroxyl groups excluding tert-OH is 4. The van der Waals surface area contributed by atoms with Crippen LogP contribution in [-0.4, -0.2) is 44.8 Å². The van der Waals surface area contributed by atoms with Gasteiger partial charge >= 0.3 is 0 Å². The largest absolute Gasteiger partial charge is 0.393 e. The Morgan fingerprint density at radius 1 is 0.458 bits per heavy atom. The maximum Gasteiger partial charge on any atom is 0.0800 e. The number of aliphatic hydroxyl groups is 4. The Labute approximate surface area is 149 Å². The third-order valence-corrected chi connectivity index (χ3v) is 4.82. The van der Waals surface area contributed by atoms with Crippen molar-refractivity contribution in [2.75, 3.05) is 0 Å². The van der Waals surface area contributed by atoms with Crippen molar-refractivity contribution in [1.29, 1.82) is 0 Å². The summed E-state index contributed by atoms with van der Waals surface area (Å²) >= 11 is 0. The van der Waals surface area contributed by atoms with Gasteiger partial charge in [0.1, 0.15) is 0 Å². The van der Waals surface area contributed by atoms with Gasteiger partial charge in [0.15, 0.2) is 0 Å². The van der Waals surface area contributed by atoms with Gasteiger partial charge in [-0.1, -0.05) is 65.2 Å². The fourth-order valence-corrected chi connectivity index (χ4v) is 3.01. The van der Waals surface area contributed by atoms with Gasteiger partial charge in [0.05, 0.1) is 24.4 Å². The number of unbranched alkanes of at least 4 members (excludes halogenated alkanes) is 6. The Hall–Kier alpha value is -0.160. The fraction of sp³-hybridized carbons (Fsp3) is 1.00. The van der Waals surface area contributed by atoms with E-state index in [0.29, 0.717) is 25.7 Å². The number of rotatable bonds is 17. The van der Waals surface area contributed by atoms with E-state index >= 15 is 0 Å². The first-order valence-electron chi connectivity index (χ1n) is 10.2. The Kier molecular flexibility index (Phi) is 16.2. The highest BCUT2D eigenvalue weighted by molar-refractivity contribution is 4.71. The second-order valence-electron chi connectivity index (χ2n) is 7.30. The van der Waals surface area contributed by atoms with E-state index in [9.17, 15) is 20.4 Å². The van der Waals surface area contributed by atoms with Crippen LogP contribution in [-0.2, 0) is 0 Å². The highest BCUT2D eigenvalue weighted by Gasteiger charge is 2.19. The second-order valence-corrected chi connectivity index (χ2v) is 7.30. The third-order valence-electron chi connectivity index (χ3n) is 4.82. The quantitative estimate of drug-likeness (QED) is 0.301. The van der Waals surface area contributed by atoms with E-state index < -0.39 is 12.2 Å². The molecule has 0 aliphatic heterocycles. The molecule has 0 rings (SSSR count). The van der Waals surface area contributed by atoms with Gasteiger partial charge in [-0.05, 0) is 38.5 Å². The monoisotopic (exact) mass is 346 g/mol. The summed E-state index contributed by atoms with van der Waals surface area (Å²) in [7, 11) is 0. The molecule has 0 spiro atoms. The van der Waals surface area contributed by atoms with Crippen LogP contribution in [0.2, 0.25) is 0 Å². The molecule has 0 saturated heterocycles. The summed E-state index contributed by atoms with van der Waals surface area (Å²) < 4.78 is 0. The molecule has 0 aliphatic rings. The minimum atomic E-state index is -0.803. The average Bonchev–Trinajstić information content (AvgIpc) is 2.58. The first kappa shape index (κ1) is 23.8. The predicted octanol–water partition coefficient (Wildman–Crippen LogP) is 3.93. The van der Waals surface area contributed by atoms with Crippen molar-refractivity contribution in [3.8, 4) is 0 Å². The lowest BCUT2D eigenvalue weighted by Gasteiger charge is -2.20. The Morgan fingerprint density at radius 2 is 0.833 bits per heavy atom. The molecule has 4 atom stereocenters. The summed E-state index contributed by atoms with van der Waals surface area (Å²) in [5.41, 5.74) is 0.